The third-order valence-electron chi connectivity index (χ3n) is 3.12. The SMILES string of the molecule is CCOC(=O)c1cnn2ccc(-c3ccccc3)cc12. The first-order chi connectivity index (χ1) is 9.79. The smallest absolute Gasteiger partial charge is 0.341 e. The standard InChI is InChI=1S/C16H14N2O2/c1-2-20-16(19)14-11-17-18-9-8-13(10-15(14)18)12-6-4-3-5-7-12/h3-11H,2H2,1H3. The molecule has 0 bridgehead atoms. The molecular weight excluding hydrogens is 252 g/mol. The molecule has 0 spiro atoms. The quantitative estimate of drug-likeness (QED) is 0.684. The van der Waals surface area contributed by atoms with Crippen molar-refractivity contribution in [2.24, 2.45) is 0 Å². The highest BCUT2D eigenvalue weighted by Crippen LogP contribution is 2.22. The normalized spacial score (nSPS) is 10.7. The zero-order chi connectivity index (χ0) is 13.9. The van der Waals surface area contributed by atoms with Gasteiger partial charge in [0, 0.05) is 6.20 Å². The van der Waals surface area contributed by atoms with Crippen molar-refractivity contribution in [1.82, 2.24) is 9.61 Å². The lowest BCUT2D eigenvalue weighted by molar-refractivity contribution is 0.0528. The number of pyridine rings is 1. The second-order valence-electron chi connectivity index (χ2n) is 4.39. The van der Waals surface area contributed by atoms with Gasteiger partial charge < -0.3 is 4.74 Å². The molecule has 0 saturated carbocycles. The molecular formula is C16H14N2O2. The van der Waals surface area contributed by atoms with Crippen LogP contribution in [0.15, 0.2) is 54.9 Å². The van der Waals surface area contributed by atoms with E-state index in [1.807, 2.05) is 48.7 Å². The first-order valence-corrected chi connectivity index (χ1v) is 6.49. The van der Waals surface area contributed by atoms with Crippen molar-refractivity contribution in [2.45, 2.75) is 6.92 Å². The summed E-state index contributed by atoms with van der Waals surface area (Å²) < 4.78 is 6.73. The van der Waals surface area contributed by atoms with E-state index in [9.17, 15) is 4.79 Å². The zero-order valence-electron chi connectivity index (χ0n) is 11.1. The molecule has 3 aromatic rings. The fourth-order valence-corrected chi connectivity index (χ4v) is 2.16. The van der Waals surface area contributed by atoms with Gasteiger partial charge in [-0.15, -0.1) is 0 Å². The van der Waals surface area contributed by atoms with E-state index < -0.39 is 0 Å². The number of hydrogen-bond acceptors (Lipinski definition) is 3. The minimum Gasteiger partial charge on any atom is -0.462 e. The Balaban J connectivity index is 2.10. The Bertz CT molecular complexity index is 748. The average Bonchev–Trinajstić information content (AvgIpc) is 2.91. The van der Waals surface area contributed by atoms with Crippen LogP contribution in [-0.4, -0.2) is 22.2 Å². The number of fused-ring (bicyclic) bond motifs is 1. The molecule has 1 aromatic carbocycles. The van der Waals surface area contributed by atoms with Crippen LogP contribution in [0.25, 0.3) is 16.6 Å². The van der Waals surface area contributed by atoms with Crippen LogP contribution in [0.2, 0.25) is 0 Å². The van der Waals surface area contributed by atoms with Crippen molar-refractivity contribution >= 4 is 11.5 Å². The van der Waals surface area contributed by atoms with Gasteiger partial charge in [-0.05, 0) is 30.2 Å². The van der Waals surface area contributed by atoms with Gasteiger partial charge in [-0.1, -0.05) is 30.3 Å². The van der Waals surface area contributed by atoms with Crippen molar-refractivity contribution in [2.75, 3.05) is 6.61 Å². The van der Waals surface area contributed by atoms with Crippen LogP contribution in [0.1, 0.15) is 17.3 Å². The lowest BCUT2D eigenvalue weighted by atomic mass is 10.1. The van der Waals surface area contributed by atoms with E-state index in [0.29, 0.717) is 12.2 Å². The molecule has 2 aromatic heterocycles. The van der Waals surface area contributed by atoms with Crippen LogP contribution in [-0.2, 0) is 4.74 Å². The maximum atomic E-state index is 11.9. The van der Waals surface area contributed by atoms with Gasteiger partial charge in [-0.2, -0.15) is 5.10 Å². The Hall–Kier alpha value is -2.62. The Morgan fingerprint density at radius 1 is 1.20 bits per heavy atom. The molecule has 0 unspecified atom stereocenters. The second kappa shape index (κ2) is 5.17. The Morgan fingerprint density at radius 2 is 2.00 bits per heavy atom. The van der Waals surface area contributed by atoms with Gasteiger partial charge in [-0.25, -0.2) is 9.31 Å². The van der Waals surface area contributed by atoms with Gasteiger partial charge in [0.05, 0.1) is 18.3 Å². The summed E-state index contributed by atoms with van der Waals surface area (Å²) in [5, 5.41) is 4.17. The highest BCUT2D eigenvalue weighted by molar-refractivity contribution is 5.97. The summed E-state index contributed by atoms with van der Waals surface area (Å²) in [5.74, 6) is -0.340. The van der Waals surface area contributed by atoms with Crippen LogP contribution in [0, 0.1) is 0 Å². The minimum atomic E-state index is -0.340. The third-order valence-corrected chi connectivity index (χ3v) is 3.12. The molecule has 0 radical (unpaired) electrons. The lowest BCUT2D eigenvalue weighted by Crippen LogP contribution is -2.04. The molecule has 20 heavy (non-hydrogen) atoms. The largest absolute Gasteiger partial charge is 0.462 e. The molecule has 0 atom stereocenters. The Morgan fingerprint density at radius 3 is 2.75 bits per heavy atom. The van der Waals surface area contributed by atoms with Crippen molar-refractivity contribution in [3.05, 3.63) is 60.4 Å². The first kappa shape index (κ1) is 12.4. The van der Waals surface area contributed by atoms with E-state index in [1.165, 1.54) is 0 Å². The van der Waals surface area contributed by atoms with Crippen LogP contribution >= 0.6 is 0 Å². The predicted molar refractivity (Wildman–Crippen MR) is 76.6 cm³/mol. The van der Waals surface area contributed by atoms with Gasteiger partial charge in [0.2, 0.25) is 0 Å². The zero-order valence-corrected chi connectivity index (χ0v) is 11.1. The molecule has 0 aliphatic carbocycles. The molecule has 0 aliphatic rings. The van der Waals surface area contributed by atoms with Crippen LogP contribution in [0.3, 0.4) is 0 Å². The monoisotopic (exact) mass is 266 g/mol. The molecule has 4 nitrogen and oxygen atoms in total. The van der Waals surface area contributed by atoms with Crippen LogP contribution in [0.4, 0.5) is 0 Å². The minimum absolute atomic E-state index is 0.340. The predicted octanol–water partition coefficient (Wildman–Crippen LogP) is 3.18. The molecule has 100 valence electrons. The van der Waals surface area contributed by atoms with Crippen molar-refractivity contribution in [1.29, 1.82) is 0 Å². The van der Waals surface area contributed by atoms with E-state index >= 15 is 0 Å². The van der Waals surface area contributed by atoms with E-state index in [-0.39, 0.29) is 5.97 Å². The summed E-state index contributed by atoms with van der Waals surface area (Å²) in [6.07, 6.45) is 3.39. The number of nitrogens with zero attached hydrogens (tertiary/aromatic N) is 2. The average molecular weight is 266 g/mol. The summed E-state index contributed by atoms with van der Waals surface area (Å²) in [6.45, 7) is 2.15. The molecule has 2 heterocycles. The highest BCUT2D eigenvalue weighted by Gasteiger charge is 2.14. The number of esters is 1. The van der Waals surface area contributed by atoms with Gasteiger partial charge in [-0.3, -0.25) is 0 Å². The third kappa shape index (κ3) is 2.16. The van der Waals surface area contributed by atoms with E-state index in [2.05, 4.69) is 5.10 Å². The van der Waals surface area contributed by atoms with E-state index in [4.69, 9.17) is 4.74 Å². The summed E-state index contributed by atoms with van der Waals surface area (Å²) in [7, 11) is 0. The summed E-state index contributed by atoms with van der Waals surface area (Å²) in [6, 6.07) is 14.0. The molecule has 0 amide bonds. The summed E-state index contributed by atoms with van der Waals surface area (Å²) >= 11 is 0. The molecule has 0 saturated heterocycles. The topological polar surface area (TPSA) is 43.6 Å². The van der Waals surface area contributed by atoms with Crippen molar-refractivity contribution < 1.29 is 9.53 Å². The summed E-state index contributed by atoms with van der Waals surface area (Å²) in [4.78, 5) is 11.9. The molecule has 3 rings (SSSR count). The number of ether oxygens (including phenoxy) is 1. The van der Waals surface area contributed by atoms with Gasteiger partial charge >= 0.3 is 5.97 Å². The fourth-order valence-electron chi connectivity index (χ4n) is 2.16. The second-order valence-corrected chi connectivity index (χ2v) is 4.39. The number of aromatic nitrogens is 2. The van der Waals surface area contributed by atoms with Crippen LogP contribution in [0.5, 0.6) is 0 Å². The maximum Gasteiger partial charge on any atom is 0.341 e. The number of hydrogen-bond donors (Lipinski definition) is 0. The van der Waals surface area contributed by atoms with Gasteiger partial charge in [0.25, 0.3) is 0 Å². The number of rotatable bonds is 3. The molecule has 0 N–H and O–H groups in total. The van der Waals surface area contributed by atoms with Crippen molar-refractivity contribution in [3.8, 4) is 11.1 Å². The summed E-state index contributed by atoms with van der Waals surface area (Å²) in [5.41, 5.74) is 3.39. The van der Waals surface area contributed by atoms with Crippen molar-refractivity contribution in [3.63, 3.8) is 0 Å². The Labute approximate surface area is 116 Å². The number of benzene rings is 1. The maximum absolute atomic E-state index is 11.9. The first-order valence-electron chi connectivity index (χ1n) is 6.49. The van der Waals surface area contributed by atoms with E-state index in [1.54, 1.807) is 17.6 Å². The van der Waals surface area contributed by atoms with Gasteiger partial charge in [0.1, 0.15) is 5.56 Å². The molecule has 0 fully saturated rings. The molecule has 0 aliphatic heterocycles. The van der Waals surface area contributed by atoms with E-state index in [0.717, 1.165) is 16.6 Å². The van der Waals surface area contributed by atoms with Crippen LogP contribution < -0.4 is 0 Å². The number of carbonyl (C=O) groups excluding carboxylic acids is 1. The Kier molecular flexibility index (Phi) is 3.21. The van der Waals surface area contributed by atoms with Gasteiger partial charge in [0.15, 0.2) is 0 Å². The number of carbonyl (C=O) groups is 1. The fraction of sp³-hybridized carbons (Fsp3) is 0.125. The highest BCUT2D eigenvalue weighted by atomic mass is 16.5. The molecule has 4 heteroatoms. The lowest BCUT2D eigenvalue weighted by Gasteiger charge is -2.04.